The number of rotatable bonds is 2. The lowest BCUT2D eigenvalue weighted by molar-refractivity contribution is 0.487. The first-order chi connectivity index (χ1) is 29.3. The van der Waals surface area contributed by atoms with Gasteiger partial charge in [0.2, 0.25) is 0 Å². The molecule has 272 valence electrons. The number of para-hydroxylation sites is 2. The Kier molecular flexibility index (Phi) is 5.99. The molecule has 0 radical (unpaired) electrons. The van der Waals surface area contributed by atoms with E-state index in [1.54, 1.807) is 0 Å². The molecule has 1 aromatic heterocycles. The van der Waals surface area contributed by atoms with Crippen LogP contribution in [0.1, 0.15) is 22.3 Å². The van der Waals surface area contributed by atoms with Gasteiger partial charge in [0.05, 0.1) is 22.1 Å². The van der Waals surface area contributed by atoms with Gasteiger partial charge in [0.1, 0.15) is 11.5 Å². The van der Waals surface area contributed by atoms with Crippen LogP contribution in [0.5, 0.6) is 11.5 Å². The second-order valence-electron chi connectivity index (χ2n) is 16.3. The molecule has 0 saturated heterocycles. The highest BCUT2D eigenvalue weighted by Gasteiger charge is 2.50. The fourth-order valence-electron chi connectivity index (χ4n) is 11.3. The van der Waals surface area contributed by atoms with Crippen molar-refractivity contribution in [3.05, 3.63) is 222 Å². The number of aromatic nitrogens is 1. The van der Waals surface area contributed by atoms with E-state index in [1.807, 2.05) is 0 Å². The summed E-state index contributed by atoms with van der Waals surface area (Å²) in [4.78, 5) is 0. The molecule has 0 amide bonds. The van der Waals surface area contributed by atoms with Gasteiger partial charge in [-0.2, -0.15) is 0 Å². The maximum atomic E-state index is 6.79. The normalized spacial score (nSPS) is 15.3. The van der Waals surface area contributed by atoms with Crippen LogP contribution in [-0.4, -0.2) is 4.57 Å². The first kappa shape index (κ1) is 31.4. The van der Waals surface area contributed by atoms with Gasteiger partial charge in [0, 0.05) is 27.1 Å². The standard InChI is InChI=1S/C57H33NO/c1-5-21-46-37(14-1)39-28-26-36(33-49(39)57(46)47-22-6-2-15-38(47)42-18-9-12-34-13-10-23-48(57)55(34)42)35-27-30-53-45(32-35)43-19-11-20-44-52(29-31-54(59-53)56(43)44)58-50-24-7-3-16-40(50)41-17-4-8-25-51(41)58/h1-33H. The average Bonchev–Trinajstić information content (AvgIpc) is 3.79. The van der Waals surface area contributed by atoms with Crippen LogP contribution >= 0.6 is 0 Å². The van der Waals surface area contributed by atoms with Gasteiger partial charge >= 0.3 is 0 Å². The molecular weight excluding hydrogens is 715 g/mol. The second-order valence-corrected chi connectivity index (χ2v) is 16.3. The molecule has 0 bridgehead atoms. The van der Waals surface area contributed by atoms with E-state index in [2.05, 4.69) is 205 Å². The van der Waals surface area contributed by atoms with Gasteiger partial charge in [-0.15, -0.1) is 0 Å². The summed E-state index contributed by atoms with van der Waals surface area (Å²) in [6.07, 6.45) is 0. The van der Waals surface area contributed by atoms with Crippen molar-refractivity contribution in [2.24, 2.45) is 0 Å². The van der Waals surface area contributed by atoms with Gasteiger partial charge in [0.25, 0.3) is 0 Å². The molecule has 11 aromatic rings. The van der Waals surface area contributed by atoms with E-state index in [1.165, 1.54) is 99.2 Å². The van der Waals surface area contributed by atoms with Crippen LogP contribution in [0.15, 0.2) is 200 Å². The lowest BCUT2D eigenvalue weighted by Crippen LogP contribution is -2.31. The molecule has 3 aliphatic rings. The zero-order valence-electron chi connectivity index (χ0n) is 31.9. The van der Waals surface area contributed by atoms with Crippen LogP contribution in [0, 0.1) is 0 Å². The average molecular weight is 748 g/mol. The molecule has 2 heteroatoms. The monoisotopic (exact) mass is 747 g/mol. The maximum Gasteiger partial charge on any atom is 0.136 e. The molecule has 2 aliphatic carbocycles. The molecule has 1 aliphatic heterocycles. The molecule has 1 unspecified atom stereocenters. The Morgan fingerprint density at radius 2 is 0.881 bits per heavy atom. The summed E-state index contributed by atoms with van der Waals surface area (Å²) in [6.45, 7) is 0. The third kappa shape index (κ3) is 3.91. The Hall–Kier alpha value is -7.68. The van der Waals surface area contributed by atoms with Crippen LogP contribution in [0.25, 0.3) is 93.5 Å². The lowest BCUT2D eigenvalue weighted by Gasteiger charge is -2.40. The fraction of sp³-hybridized carbons (Fsp3) is 0.0175. The highest BCUT2D eigenvalue weighted by Crippen LogP contribution is 2.62. The zero-order valence-corrected chi connectivity index (χ0v) is 31.9. The van der Waals surface area contributed by atoms with E-state index < -0.39 is 5.41 Å². The number of fused-ring (bicyclic) bond motifs is 14. The Labute approximate surface area is 340 Å². The molecule has 1 atom stereocenters. The van der Waals surface area contributed by atoms with E-state index in [9.17, 15) is 0 Å². The highest BCUT2D eigenvalue weighted by atomic mass is 16.5. The van der Waals surface area contributed by atoms with E-state index in [4.69, 9.17) is 4.74 Å². The summed E-state index contributed by atoms with van der Waals surface area (Å²) in [6, 6.07) is 74.3. The molecule has 2 heterocycles. The van der Waals surface area contributed by atoms with Crippen molar-refractivity contribution < 1.29 is 4.74 Å². The topological polar surface area (TPSA) is 14.2 Å². The summed E-state index contributed by atoms with van der Waals surface area (Å²) >= 11 is 0. The van der Waals surface area contributed by atoms with E-state index >= 15 is 0 Å². The van der Waals surface area contributed by atoms with Crippen LogP contribution in [0.4, 0.5) is 0 Å². The van der Waals surface area contributed by atoms with E-state index in [0.717, 1.165) is 28.1 Å². The molecule has 14 rings (SSSR count). The van der Waals surface area contributed by atoms with Gasteiger partial charge in [-0.3, -0.25) is 0 Å². The van der Waals surface area contributed by atoms with E-state index in [-0.39, 0.29) is 0 Å². The SMILES string of the molecule is c1ccc2c(c1)-c1ccc(-c3ccc4c(c3)-c3cccc5c(-n6c7ccccc7c7ccccc76)ccc(c35)O4)cc1C21c2ccccc2-c2cccc3cccc1c23. The smallest absolute Gasteiger partial charge is 0.136 e. The van der Waals surface area contributed by atoms with Crippen molar-refractivity contribution in [2.75, 3.05) is 0 Å². The fourth-order valence-corrected chi connectivity index (χ4v) is 11.3. The number of hydrogen-bond donors (Lipinski definition) is 0. The van der Waals surface area contributed by atoms with Crippen molar-refractivity contribution >= 4 is 43.4 Å². The first-order valence-electron chi connectivity index (χ1n) is 20.5. The molecule has 0 fully saturated rings. The van der Waals surface area contributed by atoms with Crippen molar-refractivity contribution in [1.29, 1.82) is 0 Å². The van der Waals surface area contributed by atoms with Crippen molar-refractivity contribution in [3.63, 3.8) is 0 Å². The number of hydrogen-bond acceptors (Lipinski definition) is 1. The molecular formula is C57H33NO. The lowest BCUT2D eigenvalue weighted by atomic mass is 9.61. The highest BCUT2D eigenvalue weighted by molar-refractivity contribution is 6.13. The third-order valence-electron chi connectivity index (χ3n) is 13.6. The summed E-state index contributed by atoms with van der Waals surface area (Å²) < 4.78 is 9.21. The molecule has 10 aromatic carbocycles. The van der Waals surface area contributed by atoms with Crippen molar-refractivity contribution in [1.82, 2.24) is 4.57 Å². The van der Waals surface area contributed by atoms with Crippen LogP contribution in [-0.2, 0) is 5.41 Å². The minimum absolute atomic E-state index is 0.461. The largest absolute Gasteiger partial charge is 0.456 e. The summed E-state index contributed by atoms with van der Waals surface area (Å²) in [5.41, 5.74) is 18.4. The van der Waals surface area contributed by atoms with E-state index in [0.29, 0.717) is 0 Å². The van der Waals surface area contributed by atoms with Crippen LogP contribution in [0.3, 0.4) is 0 Å². The van der Waals surface area contributed by atoms with Gasteiger partial charge in [-0.05, 0) is 114 Å². The first-order valence-corrected chi connectivity index (χ1v) is 20.5. The van der Waals surface area contributed by atoms with Crippen molar-refractivity contribution in [2.45, 2.75) is 5.41 Å². The third-order valence-corrected chi connectivity index (χ3v) is 13.6. The summed E-state index contributed by atoms with van der Waals surface area (Å²) in [5, 5.41) is 7.45. The van der Waals surface area contributed by atoms with Gasteiger partial charge in [0.15, 0.2) is 0 Å². The Morgan fingerprint density at radius 1 is 0.339 bits per heavy atom. The summed E-state index contributed by atoms with van der Waals surface area (Å²) in [5.74, 6) is 1.77. The Balaban J connectivity index is 0.984. The maximum absolute atomic E-state index is 6.79. The van der Waals surface area contributed by atoms with Gasteiger partial charge < -0.3 is 9.30 Å². The summed E-state index contributed by atoms with van der Waals surface area (Å²) in [7, 11) is 0. The predicted molar refractivity (Wildman–Crippen MR) is 243 cm³/mol. The Morgan fingerprint density at radius 3 is 1.66 bits per heavy atom. The second kappa shape index (κ2) is 11.2. The minimum Gasteiger partial charge on any atom is -0.456 e. The van der Waals surface area contributed by atoms with Gasteiger partial charge in [-0.25, -0.2) is 0 Å². The Bertz CT molecular complexity index is 3600. The minimum atomic E-state index is -0.461. The molecule has 0 saturated carbocycles. The number of benzene rings is 10. The van der Waals surface area contributed by atoms with Crippen molar-refractivity contribution in [3.8, 4) is 61.7 Å². The van der Waals surface area contributed by atoms with Gasteiger partial charge in [-0.1, -0.05) is 158 Å². The molecule has 2 nitrogen and oxygen atoms in total. The van der Waals surface area contributed by atoms with Crippen LogP contribution in [0.2, 0.25) is 0 Å². The number of ether oxygens (including phenoxy) is 1. The molecule has 0 N–H and O–H groups in total. The molecule has 1 spiro atoms. The predicted octanol–water partition coefficient (Wildman–Crippen LogP) is 14.9. The number of nitrogens with zero attached hydrogens (tertiary/aromatic N) is 1. The molecule has 59 heavy (non-hydrogen) atoms. The quantitative estimate of drug-likeness (QED) is 0.172. The zero-order chi connectivity index (χ0) is 38.4. The van der Waals surface area contributed by atoms with Crippen LogP contribution < -0.4 is 4.74 Å².